The van der Waals surface area contributed by atoms with Crippen LogP contribution < -0.4 is 5.32 Å². The van der Waals surface area contributed by atoms with Crippen molar-refractivity contribution in [2.75, 3.05) is 6.54 Å². The van der Waals surface area contributed by atoms with Crippen LogP contribution in [0.25, 0.3) is 0 Å². The molecule has 2 N–H and O–H groups in total. The minimum absolute atomic E-state index is 0.0927. The number of hydrogen-bond donors (Lipinski definition) is 2. The molecule has 98 valence electrons. The number of rotatable bonds is 2. The molecule has 0 spiro atoms. The number of halogens is 1. The largest absolute Gasteiger partial charge is 0.386 e. The summed E-state index contributed by atoms with van der Waals surface area (Å²) in [6.07, 6.45) is 0.372. The Kier molecular flexibility index (Phi) is 3.56. The van der Waals surface area contributed by atoms with Gasteiger partial charge in [0.2, 0.25) is 0 Å². The third kappa shape index (κ3) is 2.39. The Morgan fingerprint density at radius 1 is 1.11 bits per heavy atom. The number of aliphatic hydroxyl groups excluding tert-OH is 1. The molecule has 0 fully saturated rings. The van der Waals surface area contributed by atoms with Gasteiger partial charge < -0.3 is 10.4 Å². The van der Waals surface area contributed by atoms with Gasteiger partial charge in [-0.2, -0.15) is 0 Å². The molecule has 2 nitrogen and oxygen atoms in total. The number of nitrogens with one attached hydrogen (secondary N) is 1. The summed E-state index contributed by atoms with van der Waals surface area (Å²) in [5.41, 5.74) is 3.25. The molecule has 1 aliphatic heterocycles. The van der Waals surface area contributed by atoms with Gasteiger partial charge in [-0.05, 0) is 30.2 Å². The summed E-state index contributed by atoms with van der Waals surface area (Å²) < 4.78 is 0. The van der Waals surface area contributed by atoms with Gasteiger partial charge in [0, 0.05) is 10.6 Å². The average molecular weight is 274 g/mol. The molecule has 0 amide bonds. The number of hydrogen-bond acceptors (Lipinski definition) is 2. The zero-order chi connectivity index (χ0) is 13.2. The molecule has 2 aromatic rings. The fourth-order valence-electron chi connectivity index (χ4n) is 2.71. The summed E-state index contributed by atoms with van der Waals surface area (Å²) in [4.78, 5) is 0. The Hall–Kier alpha value is -1.35. The van der Waals surface area contributed by atoms with Crippen LogP contribution in [0.15, 0.2) is 48.5 Å². The third-order valence-electron chi connectivity index (χ3n) is 3.69. The van der Waals surface area contributed by atoms with Gasteiger partial charge in [-0.25, -0.2) is 0 Å². The summed E-state index contributed by atoms with van der Waals surface area (Å²) in [5, 5.41) is 14.6. The molecule has 2 aromatic carbocycles. The first-order chi connectivity index (χ1) is 9.27. The predicted molar refractivity (Wildman–Crippen MR) is 77.3 cm³/mol. The topological polar surface area (TPSA) is 32.3 Å². The van der Waals surface area contributed by atoms with Crippen LogP contribution in [0.2, 0.25) is 5.02 Å². The van der Waals surface area contributed by atoms with E-state index in [0.717, 1.165) is 18.5 Å². The second-order valence-electron chi connectivity index (χ2n) is 4.85. The molecular weight excluding hydrogens is 258 g/mol. The summed E-state index contributed by atoms with van der Waals surface area (Å²) in [5.74, 6) is 0. The second-order valence-corrected chi connectivity index (χ2v) is 5.25. The molecule has 1 aliphatic rings. The molecule has 0 saturated heterocycles. The van der Waals surface area contributed by atoms with E-state index in [2.05, 4.69) is 17.4 Å². The van der Waals surface area contributed by atoms with E-state index in [1.165, 1.54) is 11.1 Å². The first-order valence-corrected chi connectivity index (χ1v) is 6.89. The number of benzene rings is 2. The highest BCUT2D eigenvalue weighted by Gasteiger charge is 2.28. The van der Waals surface area contributed by atoms with Crippen molar-refractivity contribution in [2.24, 2.45) is 0 Å². The quantitative estimate of drug-likeness (QED) is 0.880. The zero-order valence-corrected chi connectivity index (χ0v) is 11.3. The van der Waals surface area contributed by atoms with Crippen LogP contribution in [0.3, 0.4) is 0 Å². The van der Waals surface area contributed by atoms with E-state index >= 15 is 0 Å². The van der Waals surface area contributed by atoms with Gasteiger partial charge in [0.1, 0.15) is 0 Å². The van der Waals surface area contributed by atoms with E-state index < -0.39 is 6.10 Å². The van der Waals surface area contributed by atoms with E-state index in [4.69, 9.17) is 11.6 Å². The Morgan fingerprint density at radius 3 is 2.68 bits per heavy atom. The molecule has 2 atom stereocenters. The minimum Gasteiger partial charge on any atom is -0.386 e. The van der Waals surface area contributed by atoms with E-state index in [9.17, 15) is 5.11 Å². The van der Waals surface area contributed by atoms with E-state index in [-0.39, 0.29) is 6.04 Å². The molecule has 0 aromatic heterocycles. The average Bonchev–Trinajstić information content (AvgIpc) is 2.46. The lowest BCUT2D eigenvalue weighted by Gasteiger charge is -2.31. The molecule has 1 heterocycles. The molecule has 0 saturated carbocycles. The molecular formula is C16H16ClNO. The molecule has 0 radical (unpaired) electrons. The molecule has 0 aliphatic carbocycles. The van der Waals surface area contributed by atoms with E-state index in [1.54, 1.807) is 0 Å². The fraction of sp³-hybridized carbons (Fsp3) is 0.250. The predicted octanol–water partition coefficient (Wildman–Crippen LogP) is 3.26. The summed E-state index contributed by atoms with van der Waals surface area (Å²) in [6, 6.07) is 15.6. The molecule has 3 heteroatoms. The van der Waals surface area contributed by atoms with Crippen LogP contribution in [0.5, 0.6) is 0 Å². The number of aliphatic hydroxyl groups is 1. The highest BCUT2D eigenvalue weighted by Crippen LogP contribution is 2.35. The van der Waals surface area contributed by atoms with Crippen molar-refractivity contribution in [1.29, 1.82) is 0 Å². The van der Waals surface area contributed by atoms with Crippen molar-refractivity contribution in [2.45, 2.75) is 18.6 Å². The highest BCUT2D eigenvalue weighted by molar-refractivity contribution is 6.31. The lowest BCUT2D eigenvalue weighted by atomic mass is 9.88. The zero-order valence-electron chi connectivity index (χ0n) is 10.5. The van der Waals surface area contributed by atoms with Gasteiger partial charge in [0.05, 0.1) is 12.1 Å². The number of fused-ring (bicyclic) bond motifs is 1. The normalized spacial score (nSPS) is 19.8. The van der Waals surface area contributed by atoms with Crippen LogP contribution in [0.1, 0.15) is 28.8 Å². The molecule has 3 rings (SSSR count). The van der Waals surface area contributed by atoms with Gasteiger partial charge >= 0.3 is 0 Å². The maximum absolute atomic E-state index is 10.6. The van der Waals surface area contributed by atoms with Crippen LogP contribution in [-0.2, 0) is 6.42 Å². The third-order valence-corrected chi connectivity index (χ3v) is 4.03. The summed E-state index contributed by atoms with van der Waals surface area (Å²) in [6.45, 7) is 0.878. The monoisotopic (exact) mass is 273 g/mol. The SMILES string of the molecule is OC(c1ccccc1Cl)C1NCCc2ccccc21. The van der Waals surface area contributed by atoms with Crippen molar-refractivity contribution in [3.8, 4) is 0 Å². The van der Waals surface area contributed by atoms with Gasteiger partial charge in [-0.15, -0.1) is 0 Å². The van der Waals surface area contributed by atoms with E-state index in [0.29, 0.717) is 5.02 Å². The maximum Gasteiger partial charge on any atom is 0.0999 e. The van der Waals surface area contributed by atoms with Crippen molar-refractivity contribution in [1.82, 2.24) is 5.32 Å². The van der Waals surface area contributed by atoms with E-state index in [1.807, 2.05) is 36.4 Å². The first-order valence-electron chi connectivity index (χ1n) is 6.51. The van der Waals surface area contributed by atoms with Gasteiger partial charge in [0.25, 0.3) is 0 Å². The van der Waals surface area contributed by atoms with Gasteiger partial charge in [-0.3, -0.25) is 0 Å². The van der Waals surface area contributed by atoms with Crippen LogP contribution >= 0.6 is 11.6 Å². The lowest BCUT2D eigenvalue weighted by molar-refractivity contribution is 0.125. The van der Waals surface area contributed by atoms with Crippen molar-refractivity contribution in [3.05, 3.63) is 70.2 Å². The Balaban J connectivity index is 1.98. The van der Waals surface area contributed by atoms with Crippen molar-refractivity contribution < 1.29 is 5.11 Å². The standard InChI is InChI=1S/C16H16ClNO/c17-14-8-4-3-7-13(14)16(19)15-12-6-2-1-5-11(12)9-10-18-15/h1-8,15-16,18-19H,9-10H2. The minimum atomic E-state index is -0.629. The molecule has 2 unspecified atom stereocenters. The summed E-state index contributed by atoms with van der Waals surface area (Å²) in [7, 11) is 0. The Bertz CT molecular complexity index is 584. The van der Waals surface area contributed by atoms with Crippen LogP contribution in [0.4, 0.5) is 0 Å². The van der Waals surface area contributed by atoms with Gasteiger partial charge in [-0.1, -0.05) is 54.1 Å². The summed E-state index contributed by atoms with van der Waals surface area (Å²) >= 11 is 6.18. The highest BCUT2D eigenvalue weighted by atomic mass is 35.5. The molecule has 0 bridgehead atoms. The van der Waals surface area contributed by atoms with Crippen molar-refractivity contribution in [3.63, 3.8) is 0 Å². The van der Waals surface area contributed by atoms with Crippen molar-refractivity contribution >= 4 is 11.6 Å². The smallest absolute Gasteiger partial charge is 0.0999 e. The maximum atomic E-state index is 10.6. The van der Waals surface area contributed by atoms with Crippen LogP contribution in [0, 0.1) is 0 Å². The second kappa shape index (κ2) is 5.33. The molecule has 19 heavy (non-hydrogen) atoms. The first kappa shape index (κ1) is 12.7. The van der Waals surface area contributed by atoms with Gasteiger partial charge in [0.15, 0.2) is 0 Å². The Morgan fingerprint density at radius 2 is 1.84 bits per heavy atom. The Labute approximate surface area is 118 Å². The lowest BCUT2D eigenvalue weighted by Crippen LogP contribution is -2.34. The fourth-order valence-corrected chi connectivity index (χ4v) is 2.96. The van der Waals surface area contributed by atoms with Crippen LogP contribution in [-0.4, -0.2) is 11.7 Å².